The Morgan fingerprint density at radius 3 is 2.76 bits per heavy atom. The average Bonchev–Trinajstić information content (AvgIpc) is 3.23. The highest BCUT2D eigenvalue weighted by Gasteiger charge is 2.19. The highest BCUT2D eigenvalue weighted by molar-refractivity contribution is 7.18. The van der Waals surface area contributed by atoms with E-state index in [4.69, 9.17) is 9.72 Å². The molecule has 5 nitrogen and oxygen atoms in total. The normalized spacial score (nSPS) is 11.5. The number of aldehydes is 1. The van der Waals surface area contributed by atoms with Gasteiger partial charge in [-0.15, -0.1) is 11.3 Å². The summed E-state index contributed by atoms with van der Waals surface area (Å²) in [6.45, 7) is 5.15. The third kappa shape index (κ3) is 2.28. The molecule has 0 amide bonds. The van der Waals surface area contributed by atoms with Crippen molar-refractivity contribution < 1.29 is 9.53 Å². The Labute approximate surface area is 149 Å². The molecule has 6 heteroatoms. The predicted molar refractivity (Wildman–Crippen MR) is 102 cm³/mol. The molecule has 0 atom stereocenters. The van der Waals surface area contributed by atoms with Crippen molar-refractivity contribution in [3.05, 3.63) is 34.7 Å². The molecule has 0 unspecified atom stereocenters. The monoisotopic (exact) mass is 353 g/mol. The van der Waals surface area contributed by atoms with Gasteiger partial charge in [0.15, 0.2) is 5.82 Å². The Hall–Kier alpha value is -2.60. The van der Waals surface area contributed by atoms with Gasteiger partial charge in [-0.3, -0.25) is 4.79 Å². The largest absolute Gasteiger partial charge is 0.494 e. The molecule has 0 spiro atoms. The summed E-state index contributed by atoms with van der Waals surface area (Å²) in [4.78, 5) is 18.6. The second-order valence-electron chi connectivity index (χ2n) is 6.09. The van der Waals surface area contributed by atoms with E-state index in [1.807, 2.05) is 11.6 Å². The van der Waals surface area contributed by atoms with Crippen LogP contribution in [0.3, 0.4) is 0 Å². The molecule has 3 aromatic heterocycles. The molecule has 0 N–H and O–H groups in total. The van der Waals surface area contributed by atoms with Gasteiger partial charge in [0.1, 0.15) is 22.4 Å². The molecule has 4 aromatic rings. The Morgan fingerprint density at radius 2 is 2.08 bits per heavy atom. The number of rotatable bonds is 4. The van der Waals surface area contributed by atoms with Crippen LogP contribution in [-0.4, -0.2) is 27.5 Å². The van der Waals surface area contributed by atoms with Crippen LogP contribution in [0.2, 0.25) is 0 Å². The lowest BCUT2D eigenvalue weighted by atomic mass is 10.2. The molecule has 25 heavy (non-hydrogen) atoms. The van der Waals surface area contributed by atoms with E-state index in [-0.39, 0.29) is 0 Å². The van der Waals surface area contributed by atoms with Gasteiger partial charge in [-0.1, -0.05) is 0 Å². The Morgan fingerprint density at radius 1 is 1.28 bits per heavy atom. The number of aryl methyl sites for hydroxylation is 3. The number of fused-ring (bicyclic) bond motifs is 2. The number of carbonyl (C=O) groups is 1. The Bertz CT molecular complexity index is 1120. The standard InChI is InChI=1S/C19H19N3O2S/c1-5-22-15(9-13-6-11(2)25-19(13)22)18-20-14-7-12(10-23)8-16(24-4)17(14)21(18)3/h6-10H,5H2,1-4H3. The van der Waals surface area contributed by atoms with Crippen LogP contribution in [0.15, 0.2) is 24.3 Å². The molecule has 0 aliphatic carbocycles. The third-order valence-electron chi connectivity index (χ3n) is 4.55. The minimum absolute atomic E-state index is 0.566. The van der Waals surface area contributed by atoms with E-state index < -0.39 is 0 Å². The number of imidazole rings is 1. The summed E-state index contributed by atoms with van der Waals surface area (Å²) in [7, 11) is 3.60. The lowest BCUT2D eigenvalue weighted by molar-refractivity contribution is 0.112. The quantitative estimate of drug-likeness (QED) is 0.511. The minimum atomic E-state index is 0.566. The summed E-state index contributed by atoms with van der Waals surface area (Å²) in [5, 5.41) is 1.24. The van der Waals surface area contributed by atoms with Crippen LogP contribution >= 0.6 is 11.3 Å². The van der Waals surface area contributed by atoms with Crippen molar-refractivity contribution in [1.29, 1.82) is 0 Å². The van der Waals surface area contributed by atoms with E-state index in [1.54, 1.807) is 30.6 Å². The van der Waals surface area contributed by atoms with Gasteiger partial charge >= 0.3 is 0 Å². The summed E-state index contributed by atoms with van der Waals surface area (Å²) in [5.41, 5.74) is 3.31. The number of hydrogen-bond acceptors (Lipinski definition) is 4. The van der Waals surface area contributed by atoms with Crippen molar-refractivity contribution in [2.24, 2.45) is 7.05 Å². The van der Waals surface area contributed by atoms with Crippen LogP contribution in [-0.2, 0) is 13.6 Å². The first-order chi connectivity index (χ1) is 12.1. The summed E-state index contributed by atoms with van der Waals surface area (Å²) >= 11 is 1.80. The zero-order chi connectivity index (χ0) is 17.7. The van der Waals surface area contributed by atoms with Gasteiger partial charge < -0.3 is 13.9 Å². The molecule has 0 fully saturated rings. The highest BCUT2D eigenvalue weighted by atomic mass is 32.1. The van der Waals surface area contributed by atoms with Gasteiger partial charge in [-0.2, -0.15) is 0 Å². The molecule has 0 aliphatic heterocycles. The fourth-order valence-corrected chi connectivity index (χ4v) is 4.52. The minimum Gasteiger partial charge on any atom is -0.494 e. The summed E-state index contributed by atoms with van der Waals surface area (Å²) in [6.07, 6.45) is 0.823. The van der Waals surface area contributed by atoms with Crippen LogP contribution in [0.25, 0.3) is 32.8 Å². The fourth-order valence-electron chi connectivity index (χ4n) is 3.45. The van der Waals surface area contributed by atoms with Crippen molar-refractivity contribution in [1.82, 2.24) is 14.1 Å². The number of hydrogen-bond donors (Lipinski definition) is 0. The maximum atomic E-state index is 11.2. The van der Waals surface area contributed by atoms with Crippen LogP contribution in [0, 0.1) is 6.92 Å². The van der Waals surface area contributed by atoms with Crippen LogP contribution in [0.4, 0.5) is 0 Å². The molecular formula is C19H19N3O2S. The van der Waals surface area contributed by atoms with E-state index >= 15 is 0 Å². The van der Waals surface area contributed by atoms with E-state index in [0.717, 1.165) is 35.4 Å². The van der Waals surface area contributed by atoms with Gasteiger partial charge in [0.25, 0.3) is 0 Å². The smallest absolute Gasteiger partial charge is 0.157 e. The number of aromatic nitrogens is 3. The average molecular weight is 353 g/mol. The topological polar surface area (TPSA) is 49.1 Å². The zero-order valence-corrected chi connectivity index (χ0v) is 15.5. The lowest BCUT2D eigenvalue weighted by Crippen LogP contribution is -2.01. The second-order valence-corrected chi connectivity index (χ2v) is 7.33. The molecule has 128 valence electrons. The van der Waals surface area contributed by atoms with Crippen molar-refractivity contribution in [3.63, 3.8) is 0 Å². The molecule has 3 heterocycles. The third-order valence-corrected chi connectivity index (χ3v) is 5.64. The first kappa shape index (κ1) is 15.9. The van der Waals surface area contributed by atoms with E-state index in [0.29, 0.717) is 11.3 Å². The summed E-state index contributed by atoms with van der Waals surface area (Å²) in [6, 6.07) is 7.96. The highest BCUT2D eigenvalue weighted by Crippen LogP contribution is 2.36. The first-order valence-corrected chi connectivity index (χ1v) is 8.98. The van der Waals surface area contributed by atoms with Crippen molar-refractivity contribution in [3.8, 4) is 17.3 Å². The molecule has 0 saturated heterocycles. The Kier molecular flexibility index (Phi) is 3.65. The van der Waals surface area contributed by atoms with E-state index in [2.05, 4.69) is 30.5 Å². The van der Waals surface area contributed by atoms with Gasteiger partial charge in [0.2, 0.25) is 0 Å². The Balaban J connectivity index is 2.03. The molecular weight excluding hydrogens is 334 g/mol. The number of ether oxygens (including phenoxy) is 1. The molecule has 1 aromatic carbocycles. The zero-order valence-electron chi connectivity index (χ0n) is 14.7. The van der Waals surface area contributed by atoms with Gasteiger partial charge in [-0.25, -0.2) is 4.98 Å². The maximum Gasteiger partial charge on any atom is 0.157 e. The lowest BCUT2D eigenvalue weighted by Gasteiger charge is -2.08. The predicted octanol–water partition coefficient (Wildman–Crippen LogP) is 4.41. The first-order valence-electron chi connectivity index (χ1n) is 8.17. The second kappa shape index (κ2) is 5.74. The van der Waals surface area contributed by atoms with Gasteiger partial charge in [-0.05, 0) is 38.1 Å². The molecule has 0 radical (unpaired) electrons. The van der Waals surface area contributed by atoms with Gasteiger partial charge in [0, 0.05) is 29.4 Å². The van der Waals surface area contributed by atoms with E-state index in [9.17, 15) is 4.79 Å². The number of methoxy groups -OCH3 is 1. The van der Waals surface area contributed by atoms with Crippen molar-refractivity contribution >= 4 is 38.9 Å². The number of thiophene rings is 1. The van der Waals surface area contributed by atoms with Crippen molar-refractivity contribution in [2.75, 3.05) is 7.11 Å². The SMILES string of the molecule is CCn1c(-c2nc3cc(C=O)cc(OC)c3n2C)cc2cc(C)sc21. The fraction of sp³-hybridized carbons (Fsp3) is 0.263. The molecule has 0 saturated carbocycles. The molecule has 0 aliphatic rings. The molecule has 4 rings (SSSR count). The van der Waals surface area contributed by atoms with Crippen molar-refractivity contribution in [2.45, 2.75) is 20.4 Å². The number of benzene rings is 1. The van der Waals surface area contributed by atoms with E-state index in [1.165, 1.54) is 15.1 Å². The van der Waals surface area contributed by atoms with Crippen LogP contribution < -0.4 is 4.74 Å². The number of nitrogens with zero attached hydrogens (tertiary/aromatic N) is 3. The summed E-state index contributed by atoms with van der Waals surface area (Å²) in [5.74, 6) is 1.53. The number of carbonyl (C=O) groups excluding carboxylic acids is 1. The molecule has 0 bridgehead atoms. The van der Waals surface area contributed by atoms with Crippen LogP contribution in [0.1, 0.15) is 22.2 Å². The summed E-state index contributed by atoms with van der Waals surface area (Å²) < 4.78 is 9.83. The van der Waals surface area contributed by atoms with Crippen LogP contribution in [0.5, 0.6) is 5.75 Å². The van der Waals surface area contributed by atoms with Gasteiger partial charge in [0.05, 0.1) is 18.3 Å². The maximum absolute atomic E-state index is 11.2.